The second-order valence-electron chi connectivity index (χ2n) is 3.34. The van der Waals surface area contributed by atoms with Crippen LogP contribution >= 0.6 is 11.3 Å². The molecule has 7 heteroatoms. The normalized spacial score (nSPS) is 10.4. The first-order valence-corrected chi connectivity index (χ1v) is 5.41. The second kappa shape index (κ2) is 3.93. The van der Waals surface area contributed by atoms with E-state index in [9.17, 15) is 4.79 Å². The summed E-state index contributed by atoms with van der Waals surface area (Å²) < 4.78 is 1.50. The Kier molecular flexibility index (Phi) is 2.61. The van der Waals surface area contributed by atoms with Crippen LogP contribution in [0.1, 0.15) is 15.4 Å². The van der Waals surface area contributed by atoms with Crippen LogP contribution in [0.5, 0.6) is 0 Å². The molecule has 0 atom stereocenters. The van der Waals surface area contributed by atoms with Gasteiger partial charge >= 0.3 is 0 Å². The van der Waals surface area contributed by atoms with Crippen molar-refractivity contribution in [3.63, 3.8) is 0 Å². The quantitative estimate of drug-likeness (QED) is 0.816. The fraction of sp³-hybridized carbons (Fsp3) is 0.222. The summed E-state index contributed by atoms with van der Waals surface area (Å²) in [4.78, 5) is 16.8. The molecule has 0 bridgehead atoms. The molecule has 0 aliphatic carbocycles. The summed E-state index contributed by atoms with van der Waals surface area (Å²) in [6.07, 6.45) is 3.28. The van der Waals surface area contributed by atoms with E-state index >= 15 is 0 Å². The molecule has 0 unspecified atom stereocenters. The zero-order chi connectivity index (χ0) is 11.7. The van der Waals surface area contributed by atoms with Gasteiger partial charge in [-0.25, -0.2) is 4.98 Å². The van der Waals surface area contributed by atoms with Crippen LogP contribution in [0.4, 0.5) is 10.8 Å². The van der Waals surface area contributed by atoms with Crippen LogP contribution in [-0.4, -0.2) is 20.7 Å². The van der Waals surface area contributed by atoms with Gasteiger partial charge in [-0.2, -0.15) is 5.10 Å². The SMILES string of the molecule is Cc1cnc(NC(=O)c2nn(C)cc2N)s1. The van der Waals surface area contributed by atoms with Crippen molar-refractivity contribution in [1.29, 1.82) is 0 Å². The molecule has 84 valence electrons. The lowest BCUT2D eigenvalue weighted by molar-refractivity contribution is 0.102. The van der Waals surface area contributed by atoms with Crippen molar-refractivity contribution >= 4 is 28.1 Å². The molecule has 0 fully saturated rings. The average Bonchev–Trinajstić information content (AvgIpc) is 2.73. The zero-order valence-electron chi connectivity index (χ0n) is 8.89. The second-order valence-corrected chi connectivity index (χ2v) is 4.57. The van der Waals surface area contributed by atoms with E-state index in [4.69, 9.17) is 5.73 Å². The average molecular weight is 237 g/mol. The molecule has 2 heterocycles. The van der Waals surface area contributed by atoms with Crippen LogP contribution in [-0.2, 0) is 7.05 Å². The smallest absolute Gasteiger partial charge is 0.280 e. The Hall–Kier alpha value is -1.89. The van der Waals surface area contributed by atoms with Gasteiger partial charge in [-0.3, -0.25) is 14.8 Å². The highest BCUT2D eigenvalue weighted by molar-refractivity contribution is 7.15. The molecule has 16 heavy (non-hydrogen) atoms. The third-order valence-electron chi connectivity index (χ3n) is 1.91. The van der Waals surface area contributed by atoms with Crippen LogP contribution in [0.3, 0.4) is 0 Å². The maximum Gasteiger partial charge on any atom is 0.280 e. The number of aryl methyl sites for hydroxylation is 2. The Morgan fingerprint density at radius 3 is 2.88 bits per heavy atom. The monoisotopic (exact) mass is 237 g/mol. The maximum atomic E-state index is 11.8. The van der Waals surface area contributed by atoms with Crippen molar-refractivity contribution in [3.05, 3.63) is 23.0 Å². The first-order chi connectivity index (χ1) is 7.56. The minimum Gasteiger partial charge on any atom is -0.396 e. The van der Waals surface area contributed by atoms with Gasteiger partial charge < -0.3 is 5.73 Å². The van der Waals surface area contributed by atoms with Gasteiger partial charge in [0.15, 0.2) is 10.8 Å². The van der Waals surface area contributed by atoms with E-state index in [0.29, 0.717) is 10.8 Å². The number of nitrogens with two attached hydrogens (primary N) is 1. The highest BCUT2D eigenvalue weighted by Gasteiger charge is 2.15. The van der Waals surface area contributed by atoms with E-state index in [1.165, 1.54) is 16.0 Å². The number of hydrogen-bond donors (Lipinski definition) is 2. The topological polar surface area (TPSA) is 85.8 Å². The third kappa shape index (κ3) is 2.03. The van der Waals surface area contributed by atoms with E-state index in [1.54, 1.807) is 19.4 Å². The number of amides is 1. The number of nitrogen functional groups attached to an aromatic ring is 1. The summed E-state index contributed by atoms with van der Waals surface area (Å²) in [7, 11) is 1.71. The number of rotatable bonds is 2. The van der Waals surface area contributed by atoms with Crippen LogP contribution < -0.4 is 11.1 Å². The first-order valence-electron chi connectivity index (χ1n) is 4.59. The fourth-order valence-electron chi connectivity index (χ4n) is 1.25. The fourth-order valence-corrected chi connectivity index (χ4v) is 1.91. The molecule has 0 aromatic carbocycles. The number of aromatic nitrogens is 3. The first kappa shape index (κ1) is 10.6. The molecular formula is C9H11N5OS. The van der Waals surface area contributed by atoms with Crippen molar-refractivity contribution in [2.45, 2.75) is 6.92 Å². The Morgan fingerprint density at radius 2 is 2.38 bits per heavy atom. The zero-order valence-corrected chi connectivity index (χ0v) is 9.71. The molecule has 0 aliphatic rings. The van der Waals surface area contributed by atoms with E-state index in [0.717, 1.165) is 4.88 Å². The van der Waals surface area contributed by atoms with Gasteiger partial charge in [0.05, 0.1) is 5.69 Å². The number of carbonyl (C=O) groups is 1. The molecule has 3 N–H and O–H groups in total. The molecule has 0 radical (unpaired) electrons. The number of thiazole rings is 1. The lowest BCUT2D eigenvalue weighted by atomic mass is 10.3. The largest absolute Gasteiger partial charge is 0.396 e. The number of nitrogens with zero attached hydrogens (tertiary/aromatic N) is 3. The number of nitrogens with one attached hydrogen (secondary N) is 1. The van der Waals surface area contributed by atoms with Crippen LogP contribution in [0.25, 0.3) is 0 Å². The van der Waals surface area contributed by atoms with Gasteiger partial charge in [0.25, 0.3) is 5.91 Å². The van der Waals surface area contributed by atoms with Crippen molar-refractivity contribution in [2.24, 2.45) is 7.05 Å². The van der Waals surface area contributed by atoms with Gasteiger partial charge in [0.1, 0.15) is 0 Å². The molecule has 2 rings (SSSR count). The lowest BCUT2D eigenvalue weighted by Crippen LogP contribution is -2.14. The summed E-state index contributed by atoms with van der Waals surface area (Å²) in [6.45, 7) is 1.92. The van der Waals surface area contributed by atoms with Crippen molar-refractivity contribution in [1.82, 2.24) is 14.8 Å². The van der Waals surface area contributed by atoms with Gasteiger partial charge in [-0.1, -0.05) is 0 Å². The van der Waals surface area contributed by atoms with Crippen molar-refractivity contribution in [3.8, 4) is 0 Å². The highest BCUT2D eigenvalue weighted by atomic mass is 32.1. The standard InChI is InChI=1S/C9H11N5OS/c1-5-3-11-9(16-5)12-8(15)7-6(10)4-14(2)13-7/h3-4H,10H2,1-2H3,(H,11,12,15). The number of anilines is 2. The molecule has 2 aromatic rings. The van der Waals surface area contributed by atoms with Gasteiger partial charge in [0.2, 0.25) is 0 Å². The molecular weight excluding hydrogens is 226 g/mol. The summed E-state index contributed by atoms with van der Waals surface area (Å²) in [6, 6.07) is 0. The summed E-state index contributed by atoms with van der Waals surface area (Å²) in [5.41, 5.74) is 6.21. The predicted molar refractivity (Wildman–Crippen MR) is 62.4 cm³/mol. The predicted octanol–water partition coefficient (Wildman–Crippen LogP) is 1.02. The van der Waals surface area contributed by atoms with Gasteiger partial charge in [-0.05, 0) is 6.92 Å². The minimum absolute atomic E-state index is 0.218. The van der Waals surface area contributed by atoms with Crippen molar-refractivity contribution < 1.29 is 4.79 Å². The van der Waals surface area contributed by atoms with E-state index < -0.39 is 0 Å². The van der Waals surface area contributed by atoms with E-state index in [1.807, 2.05) is 6.92 Å². The lowest BCUT2D eigenvalue weighted by Gasteiger charge is -1.98. The van der Waals surface area contributed by atoms with Gasteiger partial charge in [0, 0.05) is 24.3 Å². The van der Waals surface area contributed by atoms with Crippen LogP contribution in [0.2, 0.25) is 0 Å². The molecule has 6 nitrogen and oxygen atoms in total. The van der Waals surface area contributed by atoms with Gasteiger partial charge in [-0.15, -0.1) is 11.3 Å². The summed E-state index contributed by atoms with van der Waals surface area (Å²) in [5, 5.41) is 7.16. The minimum atomic E-state index is -0.340. The molecule has 0 saturated carbocycles. The van der Waals surface area contributed by atoms with Crippen molar-refractivity contribution in [2.75, 3.05) is 11.1 Å². The number of carbonyl (C=O) groups excluding carboxylic acids is 1. The molecule has 0 aliphatic heterocycles. The van der Waals surface area contributed by atoms with Crippen LogP contribution in [0.15, 0.2) is 12.4 Å². The third-order valence-corrected chi connectivity index (χ3v) is 2.74. The molecule has 2 aromatic heterocycles. The molecule has 0 saturated heterocycles. The molecule has 1 amide bonds. The Labute approximate surface area is 96.1 Å². The summed E-state index contributed by atoms with van der Waals surface area (Å²) in [5.74, 6) is -0.340. The van der Waals surface area contributed by atoms with E-state index in [-0.39, 0.29) is 11.6 Å². The Morgan fingerprint density at radius 1 is 1.62 bits per heavy atom. The Bertz CT molecular complexity index is 530. The highest BCUT2D eigenvalue weighted by Crippen LogP contribution is 2.18. The van der Waals surface area contributed by atoms with E-state index in [2.05, 4.69) is 15.4 Å². The Balaban J connectivity index is 2.17. The summed E-state index contributed by atoms with van der Waals surface area (Å²) >= 11 is 1.40. The molecule has 0 spiro atoms. The van der Waals surface area contributed by atoms with Crippen LogP contribution in [0, 0.1) is 6.92 Å². The number of hydrogen-bond acceptors (Lipinski definition) is 5. The maximum absolute atomic E-state index is 11.8.